The Hall–Kier alpha value is -1.86. The molecule has 0 aliphatic carbocycles. The topological polar surface area (TPSA) is 76.1 Å². The summed E-state index contributed by atoms with van der Waals surface area (Å²) in [4.78, 5) is 11.1. The lowest BCUT2D eigenvalue weighted by molar-refractivity contribution is -0.122. The lowest BCUT2D eigenvalue weighted by atomic mass is 10.0. The fourth-order valence-corrected chi connectivity index (χ4v) is 0.961. The molecular weight excluding hydrogens is 204 g/mol. The molecule has 4 nitrogen and oxygen atoms in total. The van der Waals surface area contributed by atoms with E-state index in [9.17, 15) is 4.79 Å². The third kappa shape index (κ3) is 3.07. The molecule has 0 aromatic heterocycles. The van der Waals surface area contributed by atoms with Crippen LogP contribution >= 0.6 is 0 Å². The summed E-state index contributed by atoms with van der Waals surface area (Å²) in [5, 5.41) is 8.60. The highest BCUT2D eigenvalue weighted by Gasteiger charge is 2.25. The van der Waals surface area contributed by atoms with Crippen LogP contribution in [0.5, 0.6) is 5.75 Å². The van der Waals surface area contributed by atoms with Gasteiger partial charge in [-0.25, -0.2) is 0 Å². The summed E-state index contributed by atoms with van der Waals surface area (Å²) in [6, 6.07) is 8.66. The number of nitrogens with two attached hydrogens (primary N) is 1. The summed E-state index contributed by atoms with van der Waals surface area (Å²) in [6.07, 6.45) is 0. The first-order valence-electron chi connectivity index (χ1n) is 4.88. The molecular formula is C12H14N2O2. The van der Waals surface area contributed by atoms with Gasteiger partial charge in [0.2, 0.25) is 0 Å². The van der Waals surface area contributed by atoms with Crippen LogP contribution in [0.15, 0.2) is 24.3 Å². The van der Waals surface area contributed by atoms with E-state index in [4.69, 9.17) is 15.7 Å². The van der Waals surface area contributed by atoms with Crippen molar-refractivity contribution in [1.82, 2.24) is 0 Å². The Bertz CT molecular complexity index is 416. The number of hydrogen-bond acceptors (Lipinski definition) is 4. The molecule has 0 spiro atoms. The molecule has 1 atom stereocenters. The van der Waals surface area contributed by atoms with E-state index in [0.717, 1.165) is 0 Å². The van der Waals surface area contributed by atoms with Crippen molar-refractivity contribution in [1.29, 1.82) is 5.26 Å². The van der Waals surface area contributed by atoms with Crippen molar-refractivity contribution in [3.8, 4) is 11.8 Å². The maximum atomic E-state index is 11.1. The molecule has 0 aliphatic rings. The third-order valence-electron chi connectivity index (χ3n) is 2.33. The number of Topliss-reactive ketones (excluding diaryl/α,β-unsaturated/α-hetero) is 1. The van der Waals surface area contributed by atoms with Gasteiger partial charge in [-0.15, -0.1) is 0 Å². The van der Waals surface area contributed by atoms with Crippen molar-refractivity contribution in [2.75, 3.05) is 6.61 Å². The molecule has 1 aromatic rings. The van der Waals surface area contributed by atoms with Gasteiger partial charge in [-0.2, -0.15) is 5.26 Å². The van der Waals surface area contributed by atoms with Crippen LogP contribution in [0.1, 0.15) is 19.4 Å². The molecule has 16 heavy (non-hydrogen) atoms. The van der Waals surface area contributed by atoms with Crippen LogP contribution in [0, 0.1) is 11.3 Å². The monoisotopic (exact) mass is 218 g/mol. The molecule has 0 fully saturated rings. The van der Waals surface area contributed by atoms with Crippen molar-refractivity contribution < 1.29 is 9.53 Å². The Morgan fingerprint density at radius 3 is 2.50 bits per heavy atom. The number of nitriles is 1. The standard InChI is InChI=1S/C12H14N2O2/c1-9(15)12(2,14)8-16-11-5-3-10(7-13)4-6-11/h3-6H,8,14H2,1-2H3/t12-/m0/s1. The van der Waals surface area contributed by atoms with E-state index in [1.165, 1.54) is 6.92 Å². The highest BCUT2D eigenvalue weighted by atomic mass is 16.5. The smallest absolute Gasteiger partial charge is 0.152 e. The van der Waals surface area contributed by atoms with E-state index in [0.29, 0.717) is 11.3 Å². The van der Waals surface area contributed by atoms with Crippen LogP contribution in [0.3, 0.4) is 0 Å². The lowest BCUT2D eigenvalue weighted by Crippen LogP contribution is -2.48. The number of benzene rings is 1. The molecule has 84 valence electrons. The van der Waals surface area contributed by atoms with Gasteiger partial charge in [0.25, 0.3) is 0 Å². The molecule has 0 saturated carbocycles. The van der Waals surface area contributed by atoms with Crippen LogP contribution in [0.25, 0.3) is 0 Å². The zero-order valence-corrected chi connectivity index (χ0v) is 9.36. The number of hydrogen-bond donors (Lipinski definition) is 1. The molecule has 0 aliphatic heterocycles. The average molecular weight is 218 g/mol. The fourth-order valence-electron chi connectivity index (χ4n) is 0.961. The van der Waals surface area contributed by atoms with Crippen LogP contribution in [-0.4, -0.2) is 17.9 Å². The Kier molecular flexibility index (Phi) is 3.64. The van der Waals surface area contributed by atoms with Crippen molar-refractivity contribution in [2.24, 2.45) is 5.73 Å². The predicted octanol–water partition coefficient (Wildman–Crippen LogP) is 1.24. The Morgan fingerprint density at radius 2 is 2.06 bits per heavy atom. The van der Waals surface area contributed by atoms with Crippen molar-refractivity contribution in [2.45, 2.75) is 19.4 Å². The van der Waals surface area contributed by atoms with Gasteiger partial charge in [-0.3, -0.25) is 4.79 Å². The average Bonchev–Trinajstić information content (AvgIpc) is 2.27. The Morgan fingerprint density at radius 1 is 1.50 bits per heavy atom. The fraction of sp³-hybridized carbons (Fsp3) is 0.333. The molecule has 4 heteroatoms. The zero-order valence-electron chi connectivity index (χ0n) is 9.36. The number of carbonyl (C=O) groups is 1. The van der Waals surface area contributed by atoms with Gasteiger partial charge in [-0.05, 0) is 38.1 Å². The summed E-state index contributed by atoms with van der Waals surface area (Å²) in [5.74, 6) is 0.470. The third-order valence-corrected chi connectivity index (χ3v) is 2.33. The second-order valence-corrected chi connectivity index (χ2v) is 3.90. The molecule has 1 aromatic carbocycles. The molecule has 0 saturated heterocycles. The first-order valence-corrected chi connectivity index (χ1v) is 4.88. The number of ketones is 1. The van der Waals surface area contributed by atoms with Crippen molar-refractivity contribution in [3.63, 3.8) is 0 Å². The van der Waals surface area contributed by atoms with Crippen LogP contribution in [0.2, 0.25) is 0 Å². The van der Waals surface area contributed by atoms with Crippen LogP contribution in [-0.2, 0) is 4.79 Å². The summed E-state index contributed by atoms with van der Waals surface area (Å²) in [6.45, 7) is 3.18. The highest BCUT2D eigenvalue weighted by Crippen LogP contribution is 2.13. The first-order chi connectivity index (χ1) is 7.45. The summed E-state index contributed by atoms with van der Waals surface area (Å²) < 4.78 is 5.38. The van der Waals surface area contributed by atoms with Gasteiger partial charge in [-0.1, -0.05) is 0 Å². The molecule has 0 radical (unpaired) electrons. The molecule has 0 heterocycles. The van der Waals surface area contributed by atoms with E-state index in [1.807, 2.05) is 6.07 Å². The minimum atomic E-state index is -0.978. The maximum Gasteiger partial charge on any atom is 0.152 e. The van der Waals surface area contributed by atoms with Gasteiger partial charge < -0.3 is 10.5 Å². The predicted molar refractivity (Wildman–Crippen MR) is 59.9 cm³/mol. The summed E-state index contributed by atoms with van der Waals surface area (Å²) in [7, 11) is 0. The van der Waals surface area contributed by atoms with Gasteiger partial charge in [0.05, 0.1) is 11.6 Å². The van der Waals surface area contributed by atoms with Gasteiger partial charge >= 0.3 is 0 Å². The van der Waals surface area contributed by atoms with E-state index in [2.05, 4.69) is 0 Å². The van der Waals surface area contributed by atoms with Crippen LogP contribution in [0.4, 0.5) is 0 Å². The number of ether oxygens (including phenoxy) is 1. The minimum Gasteiger partial charge on any atom is -0.491 e. The minimum absolute atomic E-state index is 0.119. The molecule has 1 rings (SSSR count). The Labute approximate surface area is 94.6 Å². The SMILES string of the molecule is CC(=O)[C@@](C)(N)COc1ccc(C#N)cc1. The molecule has 0 amide bonds. The molecule has 0 bridgehead atoms. The molecule has 2 N–H and O–H groups in total. The molecule has 0 unspecified atom stereocenters. The van der Waals surface area contributed by atoms with E-state index < -0.39 is 5.54 Å². The first kappa shape index (κ1) is 12.2. The second-order valence-electron chi connectivity index (χ2n) is 3.90. The maximum absolute atomic E-state index is 11.1. The van der Waals surface area contributed by atoms with E-state index >= 15 is 0 Å². The van der Waals surface area contributed by atoms with Gasteiger partial charge in [0.15, 0.2) is 5.78 Å². The number of rotatable bonds is 4. The zero-order chi connectivity index (χ0) is 12.2. The van der Waals surface area contributed by atoms with Crippen LogP contribution < -0.4 is 10.5 Å². The van der Waals surface area contributed by atoms with Crippen molar-refractivity contribution >= 4 is 5.78 Å². The van der Waals surface area contributed by atoms with E-state index in [1.54, 1.807) is 31.2 Å². The second kappa shape index (κ2) is 4.77. The Balaban J connectivity index is 2.62. The quantitative estimate of drug-likeness (QED) is 0.825. The number of nitrogens with zero attached hydrogens (tertiary/aromatic N) is 1. The summed E-state index contributed by atoms with van der Waals surface area (Å²) in [5.41, 5.74) is 5.32. The van der Waals surface area contributed by atoms with Gasteiger partial charge in [0.1, 0.15) is 17.9 Å². The summed E-state index contributed by atoms with van der Waals surface area (Å²) >= 11 is 0. The highest BCUT2D eigenvalue weighted by molar-refractivity contribution is 5.85. The largest absolute Gasteiger partial charge is 0.491 e. The van der Waals surface area contributed by atoms with E-state index in [-0.39, 0.29) is 12.4 Å². The lowest BCUT2D eigenvalue weighted by Gasteiger charge is -2.21. The van der Waals surface area contributed by atoms with Crippen molar-refractivity contribution in [3.05, 3.63) is 29.8 Å². The number of carbonyl (C=O) groups excluding carboxylic acids is 1. The normalized spacial score (nSPS) is 13.6. The van der Waals surface area contributed by atoms with Gasteiger partial charge in [0, 0.05) is 0 Å².